The molecular weight excluding hydrogens is 534 g/mol. The number of aromatic nitrogens is 4. The molecule has 170 valence electrons. The van der Waals surface area contributed by atoms with Crippen LogP contribution in [0.4, 0.5) is 5.69 Å². The summed E-state index contributed by atoms with van der Waals surface area (Å²) in [5.41, 5.74) is 3.17. The van der Waals surface area contributed by atoms with E-state index < -0.39 is 11.5 Å². The Bertz CT molecular complexity index is 1860. The Balaban J connectivity index is 1.34. The number of hydrogen-bond acceptors (Lipinski definition) is 6. The van der Waals surface area contributed by atoms with Crippen molar-refractivity contribution in [2.75, 3.05) is 5.32 Å². The molecule has 0 aliphatic carbocycles. The standard InChI is InChI=1S/C25H13BrClN5O3/c26-12-5-8-20-15(9-12)21-22(35-20)25(34)32-23(31-21)14-7-6-13(10-16(14)27)29-24(33)19-11-28-17-3-1-2-4-18(17)30-19/h1-11H,(H,29,33)(H,31,32,34). The normalized spacial score (nSPS) is 11.4. The molecule has 0 saturated carbocycles. The van der Waals surface area contributed by atoms with E-state index in [0.717, 1.165) is 4.47 Å². The summed E-state index contributed by atoms with van der Waals surface area (Å²) < 4.78 is 6.51. The van der Waals surface area contributed by atoms with Crippen molar-refractivity contribution in [2.24, 2.45) is 0 Å². The molecule has 3 heterocycles. The summed E-state index contributed by atoms with van der Waals surface area (Å²) in [4.78, 5) is 41.3. The van der Waals surface area contributed by atoms with Gasteiger partial charge in [-0.2, -0.15) is 0 Å². The predicted molar refractivity (Wildman–Crippen MR) is 138 cm³/mol. The summed E-state index contributed by atoms with van der Waals surface area (Å²) in [5.74, 6) is -0.135. The van der Waals surface area contributed by atoms with Gasteiger partial charge < -0.3 is 14.7 Å². The van der Waals surface area contributed by atoms with Crippen molar-refractivity contribution in [3.05, 3.63) is 92.4 Å². The SMILES string of the molecule is O=C(Nc1ccc(-c2nc3c(oc4ccc(Br)cc43)c(=O)[nH]2)c(Cl)c1)c1cnc2ccccc2n1. The second kappa shape index (κ2) is 8.30. The molecule has 3 aromatic heterocycles. The number of amides is 1. The quantitative estimate of drug-likeness (QED) is 0.284. The maximum absolute atomic E-state index is 12.7. The molecule has 3 aromatic carbocycles. The van der Waals surface area contributed by atoms with Gasteiger partial charge >= 0.3 is 0 Å². The van der Waals surface area contributed by atoms with Crippen molar-refractivity contribution in [3.63, 3.8) is 0 Å². The fraction of sp³-hybridized carbons (Fsp3) is 0. The molecule has 35 heavy (non-hydrogen) atoms. The molecule has 0 spiro atoms. The van der Waals surface area contributed by atoms with Crippen LogP contribution in [0.2, 0.25) is 5.02 Å². The zero-order valence-electron chi connectivity index (χ0n) is 17.7. The molecule has 0 saturated heterocycles. The van der Waals surface area contributed by atoms with Gasteiger partial charge in [-0.05, 0) is 48.5 Å². The lowest BCUT2D eigenvalue weighted by molar-refractivity contribution is 0.102. The van der Waals surface area contributed by atoms with E-state index in [1.807, 2.05) is 30.3 Å². The number of furan rings is 1. The van der Waals surface area contributed by atoms with Gasteiger partial charge in [-0.3, -0.25) is 14.6 Å². The first-order valence-corrected chi connectivity index (χ1v) is 11.6. The minimum absolute atomic E-state index is 0.137. The fourth-order valence-electron chi connectivity index (χ4n) is 3.80. The molecular formula is C25H13BrClN5O3. The average molecular weight is 547 g/mol. The Labute approximate surface area is 210 Å². The van der Waals surface area contributed by atoms with E-state index in [9.17, 15) is 9.59 Å². The van der Waals surface area contributed by atoms with Gasteiger partial charge in [0.2, 0.25) is 5.58 Å². The van der Waals surface area contributed by atoms with Gasteiger partial charge in [0, 0.05) is 21.1 Å². The van der Waals surface area contributed by atoms with E-state index in [-0.39, 0.29) is 17.1 Å². The topological polar surface area (TPSA) is 114 Å². The van der Waals surface area contributed by atoms with Crippen molar-refractivity contribution < 1.29 is 9.21 Å². The number of anilines is 1. The monoisotopic (exact) mass is 545 g/mol. The first-order valence-electron chi connectivity index (χ1n) is 10.4. The Morgan fingerprint density at radius 2 is 1.86 bits per heavy atom. The lowest BCUT2D eigenvalue weighted by Crippen LogP contribution is -2.14. The number of rotatable bonds is 3. The van der Waals surface area contributed by atoms with Crippen LogP contribution >= 0.6 is 27.5 Å². The Morgan fingerprint density at radius 1 is 1.03 bits per heavy atom. The smallest absolute Gasteiger partial charge is 0.294 e. The van der Waals surface area contributed by atoms with Crippen LogP contribution in [0.5, 0.6) is 0 Å². The van der Waals surface area contributed by atoms with Crippen LogP contribution in [0, 0.1) is 0 Å². The summed E-state index contributed by atoms with van der Waals surface area (Å²) >= 11 is 9.95. The zero-order valence-corrected chi connectivity index (χ0v) is 20.0. The molecule has 8 nitrogen and oxygen atoms in total. The minimum atomic E-state index is -0.421. The number of carbonyl (C=O) groups is 1. The molecule has 0 atom stereocenters. The van der Waals surface area contributed by atoms with E-state index in [1.165, 1.54) is 6.20 Å². The lowest BCUT2D eigenvalue weighted by Gasteiger charge is -2.09. The summed E-state index contributed by atoms with van der Waals surface area (Å²) in [6.07, 6.45) is 1.42. The molecule has 2 N–H and O–H groups in total. The third-order valence-electron chi connectivity index (χ3n) is 5.45. The Kier molecular flexibility index (Phi) is 5.09. The molecule has 0 aliphatic rings. The van der Waals surface area contributed by atoms with E-state index in [0.29, 0.717) is 43.8 Å². The highest BCUT2D eigenvalue weighted by Crippen LogP contribution is 2.32. The first kappa shape index (κ1) is 21.5. The van der Waals surface area contributed by atoms with Gasteiger partial charge in [-0.25, -0.2) is 9.97 Å². The van der Waals surface area contributed by atoms with Crippen LogP contribution in [0.3, 0.4) is 0 Å². The highest BCUT2D eigenvalue weighted by atomic mass is 79.9. The van der Waals surface area contributed by atoms with E-state index >= 15 is 0 Å². The van der Waals surface area contributed by atoms with Crippen LogP contribution < -0.4 is 10.9 Å². The molecule has 0 fully saturated rings. The van der Waals surface area contributed by atoms with Crippen LogP contribution in [0.25, 0.3) is 44.5 Å². The maximum atomic E-state index is 12.7. The number of nitrogens with zero attached hydrogens (tertiary/aromatic N) is 3. The first-order chi connectivity index (χ1) is 17.0. The number of halogens is 2. The van der Waals surface area contributed by atoms with Gasteiger partial charge in [0.25, 0.3) is 11.5 Å². The summed E-state index contributed by atoms with van der Waals surface area (Å²) in [7, 11) is 0. The van der Waals surface area contributed by atoms with Gasteiger partial charge in [0.15, 0.2) is 0 Å². The van der Waals surface area contributed by atoms with Gasteiger partial charge in [0.05, 0.1) is 22.3 Å². The van der Waals surface area contributed by atoms with Crippen LogP contribution in [-0.4, -0.2) is 25.8 Å². The third-order valence-corrected chi connectivity index (χ3v) is 6.25. The zero-order chi connectivity index (χ0) is 24.1. The summed E-state index contributed by atoms with van der Waals surface area (Å²) in [6, 6.07) is 17.7. The molecule has 10 heteroatoms. The lowest BCUT2D eigenvalue weighted by atomic mass is 10.1. The molecule has 6 aromatic rings. The maximum Gasteiger partial charge on any atom is 0.294 e. The number of fused-ring (bicyclic) bond motifs is 4. The number of hydrogen-bond donors (Lipinski definition) is 2. The number of carbonyl (C=O) groups excluding carboxylic acids is 1. The number of benzene rings is 3. The van der Waals surface area contributed by atoms with Crippen molar-refractivity contribution >= 4 is 72.2 Å². The predicted octanol–water partition coefficient (Wildman–Crippen LogP) is 5.95. The molecule has 0 aliphatic heterocycles. The van der Waals surface area contributed by atoms with Crippen LogP contribution in [0.1, 0.15) is 10.5 Å². The number of H-pyrrole nitrogens is 1. The van der Waals surface area contributed by atoms with Crippen molar-refractivity contribution in [1.82, 2.24) is 19.9 Å². The summed E-state index contributed by atoms with van der Waals surface area (Å²) in [5, 5.41) is 3.77. The molecule has 6 rings (SSSR count). The molecule has 1 amide bonds. The Morgan fingerprint density at radius 3 is 2.69 bits per heavy atom. The Hall–Kier alpha value is -4.08. The van der Waals surface area contributed by atoms with Gasteiger partial charge in [-0.1, -0.05) is 39.7 Å². The summed E-state index contributed by atoms with van der Waals surface area (Å²) in [6.45, 7) is 0. The third kappa shape index (κ3) is 3.84. The number of nitrogens with one attached hydrogen (secondary N) is 2. The van der Waals surface area contributed by atoms with Gasteiger partial charge in [0.1, 0.15) is 22.6 Å². The average Bonchev–Trinajstić information content (AvgIpc) is 3.22. The van der Waals surface area contributed by atoms with Crippen LogP contribution in [-0.2, 0) is 0 Å². The van der Waals surface area contributed by atoms with Crippen LogP contribution in [0.15, 0.2) is 80.5 Å². The highest BCUT2D eigenvalue weighted by Gasteiger charge is 2.17. The number of aromatic amines is 1. The second-order valence-electron chi connectivity index (χ2n) is 7.73. The number of para-hydroxylation sites is 2. The van der Waals surface area contributed by atoms with Crippen molar-refractivity contribution in [2.45, 2.75) is 0 Å². The molecule has 0 bridgehead atoms. The molecule has 0 unspecified atom stereocenters. The second-order valence-corrected chi connectivity index (χ2v) is 9.05. The van der Waals surface area contributed by atoms with Crippen molar-refractivity contribution in [3.8, 4) is 11.4 Å². The fourth-order valence-corrected chi connectivity index (χ4v) is 4.43. The van der Waals surface area contributed by atoms with E-state index in [2.05, 4.69) is 41.2 Å². The van der Waals surface area contributed by atoms with E-state index in [1.54, 1.807) is 30.3 Å². The van der Waals surface area contributed by atoms with E-state index in [4.69, 9.17) is 16.0 Å². The largest absolute Gasteiger partial charge is 0.449 e. The minimum Gasteiger partial charge on any atom is -0.449 e. The molecule has 0 radical (unpaired) electrons. The van der Waals surface area contributed by atoms with Gasteiger partial charge in [-0.15, -0.1) is 0 Å². The van der Waals surface area contributed by atoms with Crippen molar-refractivity contribution in [1.29, 1.82) is 0 Å². The highest BCUT2D eigenvalue weighted by molar-refractivity contribution is 9.10.